The van der Waals surface area contributed by atoms with Gasteiger partial charge in [0.05, 0.1) is 17.3 Å². The Morgan fingerprint density at radius 3 is 2.59 bits per heavy atom. The highest BCUT2D eigenvalue weighted by Crippen LogP contribution is 2.25. The highest BCUT2D eigenvalue weighted by atomic mass is 19.1. The van der Waals surface area contributed by atoms with E-state index in [1.54, 1.807) is 13.8 Å². The Bertz CT molecular complexity index is 625. The van der Waals surface area contributed by atoms with Gasteiger partial charge >= 0.3 is 0 Å². The molecule has 0 aliphatic heterocycles. The normalized spacial score (nSPS) is 10.2. The Labute approximate surface area is 97.5 Å². The van der Waals surface area contributed by atoms with Gasteiger partial charge in [-0.25, -0.2) is 4.39 Å². The second-order valence-corrected chi connectivity index (χ2v) is 3.72. The Morgan fingerprint density at radius 2 is 2.12 bits per heavy atom. The molecule has 86 valence electrons. The van der Waals surface area contributed by atoms with E-state index < -0.39 is 5.82 Å². The Kier molecular flexibility index (Phi) is 2.56. The SMILES string of the molecule is Cc1nn(-c2ccc(C#N)cc2F)c(O)c1C. The summed E-state index contributed by atoms with van der Waals surface area (Å²) in [5.74, 6) is -0.687. The third kappa shape index (κ3) is 1.74. The maximum absolute atomic E-state index is 13.7. The quantitative estimate of drug-likeness (QED) is 0.818. The summed E-state index contributed by atoms with van der Waals surface area (Å²) in [6, 6.07) is 5.85. The minimum Gasteiger partial charge on any atom is -0.493 e. The van der Waals surface area contributed by atoms with Gasteiger partial charge in [-0.1, -0.05) is 0 Å². The van der Waals surface area contributed by atoms with Crippen LogP contribution in [0.2, 0.25) is 0 Å². The Morgan fingerprint density at radius 1 is 1.41 bits per heavy atom. The van der Waals surface area contributed by atoms with Crippen molar-refractivity contribution in [3.63, 3.8) is 0 Å². The van der Waals surface area contributed by atoms with E-state index in [9.17, 15) is 9.50 Å². The first-order chi connectivity index (χ1) is 8.04. The maximum Gasteiger partial charge on any atom is 0.217 e. The van der Waals surface area contributed by atoms with Gasteiger partial charge in [0.2, 0.25) is 5.88 Å². The number of halogens is 1. The molecule has 1 heterocycles. The zero-order valence-corrected chi connectivity index (χ0v) is 9.40. The standard InChI is InChI=1S/C12H10FN3O/c1-7-8(2)15-16(12(7)17)11-4-3-9(6-14)5-10(11)13/h3-5,17H,1-2H3. The molecule has 0 atom stereocenters. The van der Waals surface area contributed by atoms with Crippen LogP contribution in [0.4, 0.5) is 4.39 Å². The lowest BCUT2D eigenvalue weighted by molar-refractivity contribution is 0.426. The molecule has 4 nitrogen and oxygen atoms in total. The van der Waals surface area contributed by atoms with Crippen LogP contribution in [-0.4, -0.2) is 14.9 Å². The fourth-order valence-corrected chi connectivity index (χ4v) is 1.51. The number of rotatable bonds is 1. The van der Waals surface area contributed by atoms with Crippen LogP contribution in [0.3, 0.4) is 0 Å². The molecule has 0 saturated heterocycles. The number of nitrogens with zero attached hydrogens (tertiary/aromatic N) is 3. The third-order valence-electron chi connectivity index (χ3n) is 2.63. The highest BCUT2D eigenvalue weighted by molar-refractivity contribution is 5.44. The fraction of sp³-hybridized carbons (Fsp3) is 0.167. The van der Waals surface area contributed by atoms with Crippen LogP contribution < -0.4 is 0 Å². The summed E-state index contributed by atoms with van der Waals surface area (Å²) in [4.78, 5) is 0. The van der Waals surface area contributed by atoms with Crippen LogP contribution in [-0.2, 0) is 0 Å². The lowest BCUT2D eigenvalue weighted by atomic mass is 10.2. The van der Waals surface area contributed by atoms with Crippen molar-refractivity contribution in [1.29, 1.82) is 5.26 Å². The monoisotopic (exact) mass is 231 g/mol. The van der Waals surface area contributed by atoms with Crippen molar-refractivity contribution >= 4 is 0 Å². The summed E-state index contributed by atoms with van der Waals surface area (Å²) in [5.41, 5.74) is 1.59. The van der Waals surface area contributed by atoms with E-state index in [4.69, 9.17) is 5.26 Å². The number of aryl methyl sites for hydroxylation is 1. The summed E-state index contributed by atoms with van der Waals surface area (Å²) < 4.78 is 14.8. The average Bonchev–Trinajstić information content (AvgIpc) is 2.57. The topological polar surface area (TPSA) is 61.8 Å². The molecule has 0 fully saturated rings. The summed E-state index contributed by atoms with van der Waals surface area (Å²) >= 11 is 0. The number of hydrogen-bond acceptors (Lipinski definition) is 3. The maximum atomic E-state index is 13.7. The number of aromatic nitrogens is 2. The van der Waals surface area contributed by atoms with E-state index in [-0.39, 0.29) is 17.1 Å². The van der Waals surface area contributed by atoms with Crippen molar-refractivity contribution in [3.8, 4) is 17.6 Å². The molecule has 0 saturated carbocycles. The minimum atomic E-state index is -0.596. The molecule has 17 heavy (non-hydrogen) atoms. The van der Waals surface area contributed by atoms with Gasteiger partial charge in [0, 0.05) is 5.56 Å². The summed E-state index contributed by atoms with van der Waals surface area (Å²) in [5, 5.41) is 22.5. The second kappa shape index (κ2) is 3.91. The van der Waals surface area contributed by atoms with Crippen molar-refractivity contribution < 1.29 is 9.50 Å². The molecule has 5 heteroatoms. The van der Waals surface area contributed by atoms with Crippen LogP contribution in [0.25, 0.3) is 5.69 Å². The van der Waals surface area contributed by atoms with E-state index in [0.29, 0.717) is 11.3 Å². The molecule has 2 aromatic rings. The fourth-order valence-electron chi connectivity index (χ4n) is 1.51. The minimum absolute atomic E-state index is 0.0916. The van der Waals surface area contributed by atoms with E-state index in [2.05, 4.69) is 5.10 Å². The first kappa shape index (κ1) is 11.1. The van der Waals surface area contributed by atoms with Gasteiger partial charge in [0.25, 0.3) is 0 Å². The lowest BCUT2D eigenvalue weighted by Crippen LogP contribution is -2.00. The number of benzene rings is 1. The molecule has 0 radical (unpaired) electrons. The zero-order chi connectivity index (χ0) is 12.6. The van der Waals surface area contributed by atoms with Gasteiger partial charge < -0.3 is 5.11 Å². The van der Waals surface area contributed by atoms with Crippen molar-refractivity contribution in [2.45, 2.75) is 13.8 Å². The molecular weight excluding hydrogens is 221 g/mol. The van der Waals surface area contributed by atoms with E-state index in [0.717, 1.165) is 10.7 Å². The number of aromatic hydroxyl groups is 1. The van der Waals surface area contributed by atoms with Crippen molar-refractivity contribution in [3.05, 3.63) is 40.8 Å². The largest absolute Gasteiger partial charge is 0.493 e. The number of hydrogen-bond donors (Lipinski definition) is 1. The molecule has 1 aromatic heterocycles. The summed E-state index contributed by atoms with van der Waals surface area (Å²) in [6.07, 6.45) is 0. The van der Waals surface area contributed by atoms with Gasteiger partial charge in [-0.05, 0) is 32.0 Å². The predicted molar refractivity (Wildman–Crippen MR) is 59.4 cm³/mol. The van der Waals surface area contributed by atoms with Crippen LogP contribution >= 0.6 is 0 Å². The van der Waals surface area contributed by atoms with Crippen LogP contribution in [0.5, 0.6) is 5.88 Å². The second-order valence-electron chi connectivity index (χ2n) is 3.72. The molecule has 0 bridgehead atoms. The summed E-state index contributed by atoms with van der Waals surface area (Å²) in [6.45, 7) is 3.43. The van der Waals surface area contributed by atoms with Crippen LogP contribution in [0.1, 0.15) is 16.8 Å². The Balaban J connectivity index is 2.62. The van der Waals surface area contributed by atoms with Gasteiger partial charge in [-0.2, -0.15) is 15.0 Å². The smallest absolute Gasteiger partial charge is 0.217 e. The molecule has 2 rings (SSSR count). The first-order valence-corrected chi connectivity index (χ1v) is 5.00. The molecule has 0 aliphatic rings. The zero-order valence-electron chi connectivity index (χ0n) is 9.40. The van der Waals surface area contributed by atoms with Crippen molar-refractivity contribution in [2.75, 3.05) is 0 Å². The van der Waals surface area contributed by atoms with E-state index in [1.807, 2.05) is 6.07 Å². The van der Waals surface area contributed by atoms with Crippen molar-refractivity contribution in [1.82, 2.24) is 9.78 Å². The average molecular weight is 231 g/mol. The highest BCUT2D eigenvalue weighted by Gasteiger charge is 2.14. The summed E-state index contributed by atoms with van der Waals surface area (Å²) in [7, 11) is 0. The first-order valence-electron chi connectivity index (χ1n) is 5.00. The molecule has 0 aliphatic carbocycles. The van der Waals surface area contributed by atoms with Crippen LogP contribution in [0.15, 0.2) is 18.2 Å². The van der Waals surface area contributed by atoms with Crippen molar-refractivity contribution in [2.24, 2.45) is 0 Å². The third-order valence-corrected chi connectivity index (χ3v) is 2.63. The predicted octanol–water partition coefficient (Wildman–Crippen LogP) is 2.21. The molecule has 0 amide bonds. The van der Waals surface area contributed by atoms with Gasteiger partial charge in [-0.3, -0.25) is 0 Å². The molecule has 1 N–H and O–H groups in total. The Hall–Kier alpha value is -2.35. The molecule has 0 unspecified atom stereocenters. The number of nitriles is 1. The van der Waals surface area contributed by atoms with E-state index in [1.165, 1.54) is 12.1 Å². The lowest BCUT2D eigenvalue weighted by Gasteiger charge is -2.04. The molecule has 0 spiro atoms. The van der Waals surface area contributed by atoms with Gasteiger partial charge in [0.15, 0.2) is 0 Å². The van der Waals surface area contributed by atoms with Crippen LogP contribution in [0, 0.1) is 31.0 Å². The van der Waals surface area contributed by atoms with Gasteiger partial charge in [0.1, 0.15) is 11.5 Å². The molecular formula is C12H10FN3O. The molecule has 1 aromatic carbocycles. The van der Waals surface area contributed by atoms with Gasteiger partial charge in [-0.15, -0.1) is 0 Å². The van der Waals surface area contributed by atoms with E-state index >= 15 is 0 Å².